The first-order chi connectivity index (χ1) is 11.2. The van der Waals surface area contributed by atoms with Gasteiger partial charge in [-0.25, -0.2) is 0 Å². The predicted molar refractivity (Wildman–Crippen MR) is 95.9 cm³/mol. The Hall–Kier alpha value is -2.20. The lowest BCUT2D eigenvalue weighted by Gasteiger charge is -2.17. The SMILES string of the molecule is Cc1cccc(C(C)NC(=O)c2ccc(CCC(C)(C)O)cc2)n1. The van der Waals surface area contributed by atoms with Crippen LogP contribution >= 0.6 is 0 Å². The Morgan fingerprint density at radius 1 is 1.21 bits per heavy atom. The van der Waals surface area contributed by atoms with Crippen LogP contribution in [0.25, 0.3) is 0 Å². The molecule has 1 aromatic carbocycles. The second-order valence-electron chi connectivity index (χ2n) is 6.91. The van der Waals surface area contributed by atoms with Crippen LogP contribution in [0.1, 0.15) is 60.5 Å². The molecule has 1 amide bonds. The number of carbonyl (C=O) groups excluding carboxylic acids is 1. The second kappa shape index (κ2) is 7.58. The fraction of sp³-hybridized carbons (Fsp3) is 0.400. The van der Waals surface area contributed by atoms with E-state index in [0.717, 1.165) is 23.4 Å². The fourth-order valence-electron chi connectivity index (χ4n) is 2.43. The van der Waals surface area contributed by atoms with Crippen LogP contribution in [-0.4, -0.2) is 21.6 Å². The maximum atomic E-state index is 12.4. The number of hydrogen-bond acceptors (Lipinski definition) is 3. The predicted octanol–water partition coefficient (Wildman–Crippen LogP) is 3.58. The number of aromatic nitrogens is 1. The molecule has 2 rings (SSSR count). The van der Waals surface area contributed by atoms with Gasteiger partial charge >= 0.3 is 0 Å². The minimum absolute atomic E-state index is 0.111. The van der Waals surface area contributed by atoms with Crippen LogP contribution < -0.4 is 5.32 Å². The molecule has 0 fully saturated rings. The lowest BCUT2D eigenvalue weighted by atomic mass is 9.98. The van der Waals surface area contributed by atoms with Crippen molar-refractivity contribution in [2.24, 2.45) is 0 Å². The van der Waals surface area contributed by atoms with Gasteiger partial charge in [0, 0.05) is 11.3 Å². The van der Waals surface area contributed by atoms with Crippen LogP contribution in [0.3, 0.4) is 0 Å². The van der Waals surface area contributed by atoms with Crippen molar-refractivity contribution in [2.45, 2.75) is 52.2 Å². The van der Waals surface area contributed by atoms with Crippen molar-refractivity contribution in [3.63, 3.8) is 0 Å². The van der Waals surface area contributed by atoms with E-state index in [1.54, 1.807) is 13.8 Å². The highest BCUT2D eigenvalue weighted by atomic mass is 16.3. The zero-order valence-electron chi connectivity index (χ0n) is 14.8. The normalized spacial score (nSPS) is 12.7. The number of hydrogen-bond donors (Lipinski definition) is 2. The highest BCUT2D eigenvalue weighted by Gasteiger charge is 2.14. The molecule has 4 nitrogen and oxygen atoms in total. The van der Waals surface area contributed by atoms with Gasteiger partial charge in [0.1, 0.15) is 0 Å². The number of nitrogens with one attached hydrogen (secondary N) is 1. The lowest BCUT2D eigenvalue weighted by molar-refractivity contribution is 0.0713. The van der Waals surface area contributed by atoms with Crippen LogP contribution in [0.15, 0.2) is 42.5 Å². The molecular formula is C20H26N2O2. The van der Waals surface area contributed by atoms with E-state index in [1.807, 2.05) is 56.3 Å². The first-order valence-electron chi connectivity index (χ1n) is 8.30. The summed E-state index contributed by atoms with van der Waals surface area (Å²) in [7, 11) is 0. The smallest absolute Gasteiger partial charge is 0.251 e. The summed E-state index contributed by atoms with van der Waals surface area (Å²) in [5.41, 5.74) is 2.85. The van der Waals surface area contributed by atoms with Crippen LogP contribution in [0, 0.1) is 6.92 Å². The van der Waals surface area contributed by atoms with Gasteiger partial charge in [-0.2, -0.15) is 0 Å². The molecule has 0 saturated heterocycles. The third-order valence-corrected chi connectivity index (χ3v) is 3.94. The van der Waals surface area contributed by atoms with Crippen molar-refractivity contribution >= 4 is 5.91 Å². The van der Waals surface area contributed by atoms with Gasteiger partial charge in [-0.3, -0.25) is 9.78 Å². The van der Waals surface area contributed by atoms with E-state index >= 15 is 0 Å². The van der Waals surface area contributed by atoms with Crippen molar-refractivity contribution in [2.75, 3.05) is 0 Å². The fourth-order valence-corrected chi connectivity index (χ4v) is 2.43. The van der Waals surface area contributed by atoms with Crippen LogP contribution in [0.5, 0.6) is 0 Å². The van der Waals surface area contributed by atoms with Crippen molar-refractivity contribution in [3.8, 4) is 0 Å². The van der Waals surface area contributed by atoms with E-state index in [1.165, 1.54) is 0 Å². The largest absolute Gasteiger partial charge is 0.390 e. The average Bonchev–Trinajstić information content (AvgIpc) is 2.52. The van der Waals surface area contributed by atoms with Gasteiger partial charge in [-0.1, -0.05) is 18.2 Å². The molecule has 2 N–H and O–H groups in total. The number of benzene rings is 1. The molecule has 128 valence electrons. The number of carbonyl (C=O) groups is 1. The molecule has 0 aliphatic rings. The Bertz CT molecular complexity index is 688. The summed E-state index contributed by atoms with van der Waals surface area (Å²) in [6.45, 7) is 7.47. The summed E-state index contributed by atoms with van der Waals surface area (Å²) < 4.78 is 0. The van der Waals surface area contributed by atoms with E-state index in [4.69, 9.17) is 0 Å². The molecule has 0 spiro atoms. The Labute approximate surface area is 143 Å². The van der Waals surface area contributed by atoms with E-state index < -0.39 is 5.60 Å². The first kappa shape index (κ1) is 18.1. The van der Waals surface area contributed by atoms with E-state index in [0.29, 0.717) is 12.0 Å². The summed E-state index contributed by atoms with van der Waals surface area (Å²) >= 11 is 0. The van der Waals surface area contributed by atoms with Gasteiger partial charge in [0.05, 0.1) is 17.3 Å². The molecule has 0 saturated carbocycles. The standard InChI is InChI=1S/C20H26N2O2/c1-14-6-5-7-18(21-14)15(2)22-19(23)17-10-8-16(9-11-17)12-13-20(3,4)24/h5-11,15,24H,12-13H2,1-4H3,(H,22,23). The van der Waals surface area contributed by atoms with Crippen molar-refractivity contribution < 1.29 is 9.90 Å². The maximum Gasteiger partial charge on any atom is 0.251 e. The quantitative estimate of drug-likeness (QED) is 0.853. The third-order valence-electron chi connectivity index (χ3n) is 3.94. The molecule has 0 aliphatic carbocycles. The summed E-state index contributed by atoms with van der Waals surface area (Å²) in [6, 6.07) is 13.2. The number of aliphatic hydroxyl groups is 1. The van der Waals surface area contributed by atoms with Gasteiger partial charge in [0.25, 0.3) is 5.91 Å². The van der Waals surface area contributed by atoms with Gasteiger partial charge < -0.3 is 10.4 Å². The molecule has 4 heteroatoms. The van der Waals surface area contributed by atoms with Gasteiger partial charge in [-0.05, 0) is 70.4 Å². The maximum absolute atomic E-state index is 12.4. The molecule has 24 heavy (non-hydrogen) atoms. The summed E-state index contributed by atoms with van der Waals surface area (Å²) in [5, 5.41) is 12.8. The highest BCUT2D eigenvalue weighted by Crippen LogP contribution is 2.15. The minimum atomic E-state index is -0.674. The Morgan fingerprint density at radius 2 is 1.88 bits per heavy atom. The van der Waals surface area contributed by atoms with E-state index in [2.05, 4.69) is 10.3 Å². The Morgan fingerprint density at radius 3 is 2.46 bits per heavy atom. The zero-order chi connectivity index (χ0) is 17.7. The minimum Gasteiger partial charge on any atom is -0.390 e. The second-order valence-corrected chi connectivity index (χ2v) is 6.91. The summed E-state index contributed by atoms with van der Waals surface area (Å²) in [6.07, 6.45) is 1.48. The summed E-state index contributed by atoms with van der Waals surface area (Å²) in [4.78, 5) is 16.8. The molecule has 2 aromatic rings. The third kappa shape index (κ3) is 5.46. The molecule has 1 aromatic heterocycles. The average molecular weight is 326 g/mol. The van der Waals surface area contributed by atoms with Crippen LogP contribution in [0.2, 0.25) is 0 Å². The van der Waals surface area contributed by atoms with Crippen LogP contribution in [-0.2, 0) is 6.42 Å². The number of aryl methyl sites for hydroxylation is 2. The molecule has 0 radical (unpaired) electrons. The topological polar surface area (TPSA) is 62.2 Å². The molecule has 1 unspecified atom stereocenters. The van der Waals surface area contributed by atoms with E-state index in [-0.39, 0.29) is 11.9 Å². The van der Waals surface area contributed by atoms with Gasteiger partial charge in [0.2, 0.25) is 0 Å². The number of amides is 1. The Balaban J connectivity index is 1.97. The molecular weight excluding hydrogens is 300 g/mol. The van der Waals surface area contributed by atoms with Gasteiger partial charge in [-0.15, -0.1) is 0 Å². The molecule has 1 atom stereocenters. The number of nitrogens with zero attached hydrogens (tertiary/aromatic N) is 1. The number of rotatable bonds is 6. The van der Waals surface area contributed by atoms with Crippen LogP contribution in [0.4, 0.5) is 0 Å². The highest BCUT2D eigenvalue weighted by molar-refractivity contribution is 5.94. The monoisotopic (exact) mass is 326 g/mol. The zero-order valence-corrected chi connectivity index (χ0v) is 14.8. The van der Waals surface area contributed by atoms with Crippen molar-refractivity contribution in [3.05, 3.63) is 65.0 Å². The molecule has 1 heterocycles. The summed E-state index contributed by atoms with van der Waals surface area (Å²) in [5.74, 6) is -0.111. The van der Waals surface area contributed by atoms with Gasteiger partial charge in [0.15, 0.2) is 0 Å². The molecule has 0 bridgehead atoms. The molecule has 0 aliphatic heterocycles. The Kier molecular flexibility index (Phi) is 5.73. The van der Waals surface area contributed by atoms with Crippen molar-refractivity contribution in [1.82, 2.24) is 10.3 Å². The first-order valence-corrected chi connectivity index (χ1v) is 8.30. The van der Waals surface area contributed by atoms with Crippen molar-refractivity contribution in [1.29, 1.82) is 0 Å². The van der Waals surface area contributed by atoms with E-state index in [9.17, 15) is 9.90 Å². The lowest BCUT2D eigenvalue weighted by Crippen LogP contribution is -2.27. The number of pyridine rings is 1.